The summed E-state index contributed by atoms with van der Waals surface area (Å²) in [7, 11) is -4.46. The first kappa shape index (κ1) is 17.1. The van der Waals surface area contributed by atoms with E-state index in [4.69, 9.17) is 10.4 Å². The molecule has 21 heavy (non-hydrogen) atoms. The number of amides is 1. The Kier molecular flexibility index (Phi) is 6.26. The highest BCUT2D eigenvalue weighted by Crippen LogP contribution is 2.21. The van der Waals surface area contributed by atoms with E-state index in [0.717, 1.165) is 6.07 Å². The van der Waals surface area contributed by atoms with Gasteiger partial charge in [-0.05, 0) is 17.7 Å². The van der Waals surface area contributed by atoms with Crippen LogP contribution in [0.3, 0.4) is 0 Å². The SMILES string of the molecule is N#CCC(=O)Nc1ccc(CNCCO)c(S(=O)(=O)O)c1. The zero-order valence-electron chi connectivity index (χ0n) is 11.0. The second-order valence-corrected chi connectivity index (χ2v) is 5.47. The van der Waals surface area contributed by atoms with E-state index >= 15 is 0 Å². The number of hydrogen-bond acceptors (Lipinski definition) is 6. The van der Waals surface area contributed by atoms with Gasteiger partial charge in [0.15, 0.2) is 0 Å². The first-order valence-electron chi connectivity index (χ1n) is 5.97. The van der Waals surface area contributed by atoms with Gasteiger partial charge in [0.05, 0.1) is 12.7 Å². The van der Waals surface area contributed by atoms with Crippen LogP contribution in [0.2, 0.25) is 0 Å². The van der Waals surface area contributed by atoms with Crippen LogP contribution in [0.1, 0.15) is 12.0 Å². The van der Waals surface area contributed by atoms with Gasteiger partial charge < -0.3 is 15.7 Å². The summed E-state index contributed by atoms with van der Waals surface area (Å²) >= 11 is 0. The molecule has 4 N–H and O–H groups in total. The van der Waals surface area contributed by atoms with Crippen molar-refractivity contribution in [1.29, 1.82) is 5.26 Å². The fraction of sp³-hybridized carbons (Fsp3) is 0.333. The number of nitriles is 1. The summed E-state index contributed by atoms with van der Waals surface area (Å²) in [6.07, 6.45) is -0.360. The third kappa shape index (κ3) is 5.49. The normalized spacial score (nSPS) is 10.9. The number of carbonyl (C=O) groups is 1. The molecule has 0 aromatic heterocycles. The minimum absolute atomic E-state index is 0.108. The summed E-state index contributed by atoms with van der Waals surface area (Å²) < 4.78 is 31.9. The smallest absolute Gasteiger partial charge is 0.294 e. The maximum atomic E-state index is 11.4. The van der Waals surface area contributed by atoms with Crippen LogP contribution in [0.15, 0.2) is 23.1 Å². The fourth-order valence-corrected chi connectivity index (χ4v) is 2.35. The first-order chi connectivity index (χ1) is 9.88. The monoisotopic (exact) mass is 313 g/mol. The molecular formula is C12H15N3O5S. The number of benzene rings is 1. The number of rotatable bonds is 7. The Hall–Kier alpha value is -1.99. The third-order valence-corrected chi connectivity index (χ3v) is 3.41. The van der Waals surface area contributed by atoms with Crippen LogP contribution < -0.4 is 10.6 Å². The quantitative estimate of drug-likeness (QED) is 0.406. The largest absolute Gasteiger partial charge is 0.395 e. The van der Waals surface area contributed by atoms with Crippen molar-refractivity contribution in [3.8, 4) is 6.07 Å². The molecule has 0 heterocycles. The van der Waals surface area contributed by atoms with E-state index in [2.05, 4.69) is 10.6 Å². The molecule has 0 spiro atoms. The lowest BCUT2D eigenvalue weighted by molar-refractivity contribution is -0.115. The molecule has 0 unspecified atom stereocenters. The van der Waals surface area contributed by atoms with Crippen molar-refractivity contribution in [1.82, 2.24) is 5.32 Å². The zero-order valence-corrected chi connectivity index (χ0v) is 11.9. The van der Waals surface area contributed by atoms with E-state index in [1.165, 1.54) is 12.1 Å². The first-order valence-corrected chi connectivity index (χ1v) is 7.41. The predicted molar refractivity (Wildman–Crippen MR) is 73.9 cm³/mol. The predicted octanol–water partition coefficient (Wildman–Crippen LogP) is -0.133. The summed E-state index contributed by atoms with van der Waals surface area (Å²) in [5.74, 6) is -0.579. The van der Waals surface area contributed by atoms with Crippen LogP contribution >= 0.6 is 0 Å². The standard InChI is InChI=1S/C12H15N3O5S/c13-4-3-12(17)15-10-2-1-9(8-14-5-6-16)11(7-10)21(18,19)20/h1-2,7,14,16H,3,5-6,8H2,(H,15,17)(H,18,19,20). The van der Waals surface area contributed by atoms with Gasteiger partial charge in [0.2, 0.25) is 5.91 Å². The molecule has 0 fully saturated rings. The van der Waals surface area contributed by atoms with Crippen molar-refractivity contribution < 1.29 is 22.9 Å². The van der Waals surface area contributed by atoms with E-state index < -0.39 is 16.0 Å². The molecule has 0 saturated heterocycles. The average Bonchev–Trinajstić information content (AvgIpc) is 2.39. The van der Waals surface area contributed by atoms with Crippen molar-refractivity contribution in [3.05, 3.63) is 23.8 Å². The van der Waals surface area contributed by atoms with Crippen molar-refractivity contribution in [2.45, 2.75) is 17.9 Å². The van der Waals surface area contributed by atoms with Crippen LogP contribution in [-0.2, 0) is 21.5 Å². The van der Waals surface area contributed by atoms with Crippen LogP contribution in [-0.4, -0.2) is 37.1 Å². The number of nitrogens with zero attached hydrogens (tertiary/aromatic N) is 1. The molecule has 1 rings (SSSR count). The molecule has 1 amide bonds. The minimum Gasteiger partial charge on any atom is -0.395 e. The highest BCUT2D eigenvalue weighted by molar-refractivity contribution is 7.85. The average molecular weight is 313 g/mol. The molecule has 8 nitrogen and oxygen atoms in total. The number of anilines is 1. The molecule has 0 aliphatic carbocycles. The summed E-state index contributed by atoms with van der Waals surface area (Å²) in [5, 5.41) is 22.2. The maximum Gasteiger partial charge on any atom is 0.294 e. The van der Waals surface area contributed by atoms with E-state index in [1.54, 1.807) is 6.07 Å². The molecule has 0 saturated carbocycles. The van der Waals surface area contributed by atoms with Gasteiger partial charge in [-0.3, -0.25) is 9.35 Å². The Morgan fingerprint density at radius 1 is 1.38 bits per heavy atom. The lowest BCUT2D eigenvalue weighted by atomic mass is 10.2. The van der Waals surface area contributed by atoms with Gasteiger partial charge in [-0.25, -0.2) is 0 Å². The van der Waals surface area contributed by atoms with Crippen molar-refractivity contribution >= 4 is 21.7 Å². The van der Waals surface area contributed by atoms with Gasteiger partial charge in [0, 0.05) is 18.8 Å². The molecular weight excluding hydrogens is 298 g/mol. The number of aliphatic hydroxyl groups is 1. The van der Waals surface area contributed by atoms with E-state index in [1.807, 2.05) is 0 Å². The third-order valence-electron chi connectivity index (χ3n) is 2.47. The number of carbonyl (C=O) groups excluding carboxylic acids is 1. The van der Waals surface area contributed by atoms with E-state index in [9.17, 15) is 17.8 Å². The van der Waals surface area contributed by atoms with Gasteiger partial charge in [-0.1, -0.05) is 6.07 Å². The Bertz CT molecular complexity index is 651. The second kappa shape index (κ2) is 7.70. The zero-order chi connectivity index (χ0) is 15.9. The lowest BCUT2D eigenvalue weighted by Gasteiger charge is -2.11. The van der Waals surface area contributed by atoms with Gasteiger partial charge in [-0.2, -0.15) is 13.7 Å². The number of hydrogen-bond donors (Lipinski definition) is 4. The van der Waals surface area contributed by atoms with Crippen LogP contribution in [0, 0.1) is 11.3 Å². The Morgan fingerprint density at radius 2 is 2.10 bits per heavy atom. The summed E-state index contributed by atoms with van der Waals surface area (Å²) in [6, 6.07) is 5.66. The molecule has 0 atom stereocenters. The van der Waals surface area contributed by atoms with Crippen molar-refractivity contribution in [2.75, 3.05) is 18.5 Å². The van der Waals surface area contributed by atoms with Crippen molar-refractivity contribution in [3.63, 3.8) is 0 Å². The van der Waals surface area contributed by atoms with Crippen LogP contribution in [0.5, 0.6) is 0 Å². The van der Waals surface area contributed by atoms with Gasteiger partial charge in [0.25, 0.3) is 10.1 Å². The molecule has 1 aromatic rings. The minimum atomic E-state index is -4.46. The molecule has 9 heteroatoms. The van der Waals surface area contributed by atoms with Gasteiger partial charge >= 0.3 is 0 Å². The topological polar surface area (TPSA) is 140 Å². The fourth-order valence-electron chi connectivity index (χ4n) is 1.60. The molecule has 0 aliphatic rings. The Balaban J connectivity index is 3.02. The summed E-state index contributed by atoms with van der Waals surface area (Å²) in [6.45, 7) is 0.289. The summed E-state index contributed by atoms with van der Waals surface area (Å²) in [5.41, 5.74) is 0.456. The maximum absolute atomic E-state index is 11.4. The number of nitrogens with one attached hydrogen (secondary N) is 2. The summed E-state index contributed by atoms with van der Waals surface area (Å²) in [4.78, 5) is 10.9. The van der Waals surface area contributed by atoms with E-state index in [-0.39, 0.29) is 36.7 Å². The highest BCUT2D eigenvalue weighted by atomic mass is 32.2. The lowest BCUT2D eigenvalue weighted by Crippen LogP contribution is -2.19. The molecule has 0 bridgehead atoms. The van der Waals surface area contributed by atoms with Crippen molar-refractivity contribution in [2.24, 2.45) is 0 Å². The molecule has 1 aromatic carbocycles. The van der Waals surface area contributed by atoms with Gasteiger partial charge in [0.1, 0.15) is 11.3 Å². The van der Waals surface area contributed by atoms with E-state index in [0.29, 0.717) is 5.56 Å². The van der Waals surface area contributed by atoms with Crippen LogP contribution in [0.4, 0.5) is 5.69 Å². The van der Waals surface area contributed by atoms with Crippen LogP contribution in [0.25, 0.3) is 0 Å². The Morgan fingerprint density at radius 3 is 2.67 bits per heavy atom. The second-order valence-electron chi connectivity index (χ2n) is 4.08. The highest BCUT2D eigenvalue weighted by Gasteiger charge is 2.16. The molecule has 0 radical (unpaired) electrons. The van der Waals surface area contributed by atoms with Gasteiger partial charge in [-0.15, -0.1) is 0 Å². The number of aliphatic hydroxyl groups excluding tert-OH is 1. The molecule has 114 valence electrons. The molecule has 0 aliphatic heterocycles. The Labute approximate surface area is 122 Å².